The topological polar surface area (TPSA) is 96.7 Å². The summed E-state index contributed by atoms with van der Waals surface area (Å²) in [6.45, 7) is 0.514. The van der Waals surface area contributed by atoms with Crippen LogP contribution in [-0.2, 0) is 16.1 Å². The summed E-state index contributed by atoms with van der Waals surface area (Å²) >= 11 is 0. The van der Waals surface area contributed by atoms with Crippen LogP contribution >= 0.6 is 0 Å². The van der Waals surface area contributed by atoms with Crippen molar-refractivity contribution in [1.82, 2.24) is 14.5 Å². The summed E-state index contributed by atoms with van der Waals surface area (Å²) in [5.74, 6) is 0.184. The molecule has 1 aliphatic rings. The number of carbonyl (C=O) groups excluding carboxylic acids is 1. The first kappa shape index (κ1) is 20.1. The van der Waals surface area contributed by atoms with Gasteiger partial charge < -0.3 is 20.1 Å². The zero-order valence-corrected chi connectivity index (χ0v) is 16.9. The number of aliphatic hydroxyl groups excluding tert-OH is 1. The quantitative estimate of drug-likeness (QED) is 0.668. The number of amides is 1. The second kappa shape index (κ2) is 8.25. The van der Waals surface area contributed by atoms with Crippen LogP contribution < -0.4 is 11.0 Å². The highest BCUT2D eigenvalue weighted by Gasteiger charge is 2.40. The number of benzene rings is 2. The highest BCUT2D eigenvalue weighted by atomic mass is 16.5. The van der Waals surface area contributed by atoms with Gasteiger partial charge in [0.25, 0.3) is 5.91 Å². The van der Waals surface area contributed by atoms with Crippen molar-refractivity contribution in [2.75, 3.05) is 19.4 Å². The Labute approximate surface area is 173 Å². The number of aromatic nitrogens is 2. The number of hydrogen-bond acceptors (Lipinski definition) is 6. The molecule has 0 radical (unpaired) electrons. The van der Waals surface area contributed by atoms with Crippen molar-refractivity contribution in [3.63, 3.8) is 0 Å². The minimum Gasteiger partial charge on any atom is -0.388 e. The van der Waals surface area contributed by atoms with Gasteiger partial charge in [0.15, 0.2) is 6.23 Å². The van der Waals surface area contributed by atoms with E-state index >= 15 is 0 Å². The minimum atomic E-state index is -0.965. The molecule has 2 N–H and O–H groups in total. The van der Waals surface area contributed by atoms with Gasteiger partial charge in [0.2, 0.25) is 0 Å². The number of carbonyl (C=O) groups is 1. The molecule has 1 aromatic heterocycles. The molecule has 1 aliphatic heterocycles. The van der Waals surface area contributed by atoms with E-state index in [1.165, 1.54) is 15.7 Å². The number of rotatable bonds is 5. The molecule has 0 spiro atoms. The second-order valence-electron chi connectivity index (χ2n) is 7.55. The van der Waals surface area contributed by atoms with Crippen LogP contribution in [0.2, 0.25) is 0 Å². The first-order valence-electron chi connectivity index (χ1n) is 9.78. The predicted octanol–water partition coefficient (Wildman–Crippen LogP) is 1.75. The molecule has 30 heavy (non-hydrogen) atoms. The Bertz CT molecular complexity index is 1120. The summed E-state index contributed by atoms with van der Waals surface area (Å²) in [6.07, 6.45) is -1.03. The Morgan fingerprint density at radius 1 is 1.23 bits per heavy atom. The molecule has 2 heterocycles. The highest BCUT2D eigenvalue weighted by Crippen LogP contribution is 2.28. The molecule has 1 unspecified atom stereocenters. The Balaban J connectivity index is 1.48. The summed E-state index contributed by atoms with van der Waals surface area (Å²) < 4.78 is 6.86. The second-order valence-corrected chi connectivity index (χ2v) is 7.55. The van der Waals surface area contributed by atoms with Crippen molar-refractivity contribution in [3.8, 4) is 0 Å². The third-order valence-corrected chi connectivity index (χ3v) is 5.25. The Morgan fingerprint density at radius 3 is 2.77 bits per heavy atom. The Kier molecular flexibility index (Phi) is 5.52. The lowest BCUT2D eigenvalue weighted by molar-refractivity contribution is -0.143. The zero-order valence-electron chi connectivity index (χ0n) is 16.9. The third-order valence-electron chi connectivity index (χ3n) is 5.25. The lowest BCUT2D eigenvalue weighted by Crippen LogP contribution is -2.34. The molecule has 1 amide bonds. The number of anilines is 1. The molecular weight excluding hydrogens is 384 g/mol. The predicted molar refractivity (Wildman–Crippen MR) is 113 cm³/mol. The molecule has 8 heteroatoms. The van der Waals surface area contributed by atoms with Gasteiger partial charge in [-0.05, 0) is 22.4 Å². The fraction of sp³-hybridized carbons (Fsp3) is 0.318. The standard InChI is InChI=1S/C22H24N4O4/c1-25(2)20(28)18-12-17(27)21(30-18)26-11-10-19(24-22(26)29)23-13-15-8-5-7-14-6-3-4-9-16(14)15/h3-11,17-18,21,27H,12-13H2,1-2H3,(H,23,24,29)/t17?,18-,21+/m0/s1. The normalized spacial score (nSPS) is 21.0. The molecule has 156 valence electrons. The molecule has 3 aromatic rings. The van der Waals surface area contributed by atoms with Crippen LogP contribution in [0.4, 0.5) is 5.82 Å². The zero-order chi connectivity index (χ0) is 21.3. The SMILES string of the molecule is CN(C)C(=O)[C@@H]1CC(O)[C@H](n2ccc(NCc3cccc4ccccc34)nc2=O)O1. The smallest absolute Gasteiger partial charge is 0.351 e. The van der Waals surface area contributed by atoms with Crippen LogP contribution in [0.15, 0.2) is 59.5 Å². The summed E-state index contributed by atoms with van der Waals surface area (Å²) in [4.78, 5) is 30.1. The average molecular weight is 408 g/mol. The Hall–Kier alpha value is -3.23. The Morgan fingerprint density at radius 2 is 2.00 bits per heavy atom. The van der Waals surface area contributed by atoms with Crippen molar-refractivity contribution in [2.45, 2.75) is 31.4 Å². The first-order chi connectivity index (χ1) is 14.4. The number of fused-ring (bicyclic) bond motifs is 1. The van der Waals surface area contributed by atoms with Crippen LogP contribution in [0.3, 0.4) is 0 Å². The summed E-state index contributed by atoms with van der Waals surface area (Å²) in [5.41, 5.74) is 0.540. The van der Waals surface area contributed by atoms with E-state index < -0.39 is 24.1 Å². The van der Waals surface area contributed by atoms with Gasteiger partial charge in [-0.2, -0.15) is 4.98 Å². The van der Waals surface area contributed by atoms with Gasteiger partial charge in [0.1, 0.15) is 18.0 Å². The molecule has 0 saturated carbocycles. The fourth-order valence-corrected chi connectivity index (χ4v) is 3.69. The van der Waals surface area contributed by atoms with Gasteiger partial charge in [-0.15, -0.1) is 0 Å². The average Bonchev–Trinajstić information content (AvgIpc) is 3.12. The van der Waals surface area contributed by atoms with E-state index in [2.05, 4.69) is 28.5 Å². The monoisotopic (exact) mass is 408 g/mol. The highest BCUT2D eigenvalue weighted by molar-refractivity contribution is 5.85. The summed E-state index contributed by atoms with van der Waals surface area (Å²) in [7, 11) is 3.24. The molecule has 0 bridgehead atoms. The van der Waals surface area contributed by atoms with E-state index in [4.69, 9.17) is 4.74 Å². The van der Waals surface area contributed by atoms with Crippen molar-refractivity contribution >= 4 is 22.5 Å². The fourth-order valence-electron chi connectivity index (χ4n) is 3.69. The van der Waals surface area contributed by atoms with E-state index in [9.17, 15) is 14.7 Å². The number of likely N-dealkylation sites (N-methyl/N-ethyl adjacent to an activating group) is 1. The van der Waals surface area contributed by atoms with Crippen LogP contribution in [0.1, 0.15) is 18.2 Å². The largest absolute Gasteiger partial charge is 0.388 e. The lowest BCUT2D eigenvalue weighted by Gasteiger charge is -2.19. The first-order valence-corrected chi connectivity index (χ1v) is 9.78. The van der Waals surface area contributed by atoms with Crippen LogP contribution in [0.25, 0.3) is 10.8 Å². The van der Waals surface area contributed by atoms with Crippen molar-refractivity contribution in [1.29, 1.82) is 0 Å². The molecule has 3 atom stereocenters. The third kappa shape index (κ3) is 3.92. The van der Waals surface area contributed by atoms with Gasteiger partial charge in [0.05, 0.1) is 0 Å². The van der Waals surface area contributed by atoms with Crippen molar-refractivity contribution in [3.05, 3.63) is 70.8 Å². The van der Waals surface area contributed by atoms with Crippen LogP contribution in [-0.4, -0.2) is 51.8 Å². The van der Waals surface area contributed by atoms with Gasteiger partial charge in [-0.1, -0.05) is 42.5 Å². The minimum absolute atomic E-state index is 0.134. The van der Waals surface area contributed by atoms with Gasteiger partial charge in [0, 0.05) is 33.3 Å². The maximum absolute atomic E-state index is 12.5. The van der Waals surface area contributed by atoms with Gasteiger partial charge in [-0.3, -0.25) is 9.36 Å². The number of hydrogen-bond donors (Lipinski definition) is 2. The maximum Gasteiger partial charge on any atom is 0.351 e. The van der Waals surface area contributed by atoms with E-state index in [-0.39, 0.29) is 12.3 Å². The van der Waals surface area contributed by atoms with Crippen LogP contribution in [0.5, 0.6) is 0 Å². The van der Waals surface area contributed by atoms with E-state index in [0.29, 0.717) is 12.4 Å². The van der Waals surface area contributed by atoms with E-state index in [0.717, 1.165) is 16.3 Å². The van der Waals surface area contributed by atoms with E-state index in [1.807, 2.05) is 24.3 Å². The maximum atomic E-state index is 12.5. The van der Waals surface area contributed by atoms with Crippen molar-refractivity contribution in [2.24, 2.45) is 0 Å². The molecule has 2 aromatic carbocycles. The van der Waals surface area contributed by atoms with Crippen LogP contribution in [0, 0.1) is 0 Å². The lowest BCUT2D eigenvalue weighted by atomic mass is 10.0. The summed E-state index contributed by atoms with van der Waals surface area (Å²) in [6, 6.07) is 15.8. The number of ether oxygens (including phenoxy) is 1. The van der Waals surface area contributed by atoms with E-state index in [1.54, 1.807) is 20.2 Å². The molecule has 0 aliphatic carbocycles. The molecule has 1 fully saturated rings. The molecular formula is C22H24N4O4. The van der Waals surface area contributed by atoms with Crippen molar-refractivity contribution < 1.29 is 14.6 Å². The van der Waals surface area contributed by atoms with Gasteiger partial charge >= 0.3 is 5.69 Å². The molecule has 4 rings (SSSR count). The molecule has 1 saturated heterocycles. The number of nitrogens with zero attached hydrogens (tertiary/aromatic N) is 3. The number of aliphatic hydroxyl groups is 1. The van der Waals surface area contributed by atoms with Gasteiger partial charge in [-0.25, -0.2) is 4.79 Å². The molecule has 8 nitrogen and oxygen atoms in total. The summed E-state index contributed by atoms with van der Waals surface area (Å²) in [5, 5.41) is 15.8. The number of nitrogens with one attached hydrogen (secondary N) is 1.